The second kappa shape index (κ2) is 8.72. The quantitative estimate of drug-likeness (QED) is 0.637. The van der Waals surface area contributed by atoms with Gasteiger partial charge in [-0.05, 0) is 54.8 Å². The van der Waals surface area contributed by atoms with Crippen LogP contribution in [-0.4, -0.2) is 43.4 Å². The lowest BCUT2D eigenvalue weighted by Crippen LogP contribution is -2.35. The number of benzene rings is 2. The lowest BCUT2D eigenvalue weighted by Gasteiger charge is -2.25. The number of carbonyl (C=O) groups excluding carboxylic acids is 1. The average Bonchev–Trinajstić information content (AvgIpc) is 3.14. The fourth-order valence-electron chi connectivity index (χ4n) is 3.98. The molecule has 0 spiro atoms. The summed E-state index contributed by atoms with van der Waals surface area (Å²) in [4.78, 5) is 13.1. The van der Waals surface area contributed by atoms with Crippen LogP contribution in [0.5, 0.6) is 5.75 Å². The standard InChI is InChI=1S/C23H27N3O4S/c1-25-21-11-10-20(31(28,29)26-12-4-3-5-13-26)14-18(21)15-22(25)23(27)24-16-17-6-8-19(30-2)9-7-17/h6-11,14-15H,3-5,12-13,16H2,1-2H3,(H,24,27). The number of piperidine rings is 1. The Labute approximate surface area is 182 Å². The van der Waals surface area contributed by atoms with E-state index >= 15 is 0 Å². The summed E-state index contributed by atoms with van der Waals surface area (Å²) in [5.74, 6) is 0.550. The molecule has 1 N–H and O–H groups in total. The molecule has 0 bridgehead atoms. The van der Waals surface area contributed by atoms with Gasteiger partial charge in [-0.15, -0.1) is 0 Å². The number of fused-ring (bicyclic) bond motifs is 1. The van der Waals surface area contributed by atoms with Crippen LogP contribution in [0.2, 0.25) is 0 Å². The van der Waals surface area contributed by atoms with Gasteiger partial charge in [0.05, 0.1) is 12.0 Å². The van der Waals surface area contributed by atoms with Crippen molar-refractivity contribution >= 4 is 26.8 Å². The summed E-state index contributed by atoms with van der Waals surface area (Å²) >= 11 is 0. The highest BCUT2D eigenvalue weighted by molar-refractivity contribution is 7.89. The molecule has 2 heterocycles. The predicted molar refractivity (Wildman–Crippen MR) is 120 cm³/mol. The minimum Gasteiger partial charge on any atom is -0.497 e. The summed E-state index contributed by atoms with van der Waals surface area (Å²) in [6.07, 6.45) is 2.86. The number of carbonyl (C=O) groups is 1. The molecule has 0 unspecified atom stereocenters. The highest BCUT2D eigenvalue weighted by Gasteiger charge is 2.26. The zero-order valence-electron chi connectivity index (χ0n) is 17.8. The van der Waals surface area contributed by atoms with Crippen molar-refractivity contribution in [2.45, 2.75) is 30.7 Å². The Morgan fingerprint density at radius 3 is 2.42 bits per heavy atom. The SMILES string of the molecule is COc1ccc(CNC(=O)c2cc3cc(S(=O)(=O)N4CCCCC4)ccc3n2C)cc1. The number of nitrogens with one attached hydrogen (secondary N) is 1. The molecular weight excluding hydrogens is 414 g/mol. The monoisotopic (exact) mass is 441 g/mol. The van der Waals surface area contributed by atoms with E-state index in [1.54, 1.807) is 40.2 Å². The molecule has 1 aromatic heterocycles. The first-order valence-corrected chi connectivity index (χ1v) is 11.8. The maximum atomic E-state index is 13.0. The van der Waals surface area contributed by atoms with Gasteiger partial charge in [-0.3, -0.25) is 4.79 Å². The van der Waals surface area contributed by atoms with E-state index in [4.69, 9.17) is 4.74 Å². The average molecular weight is 442 g/mol. The van der Waals surface area contributed by atoms with Gasteiger partial charge in [0.2, 0.25) is 10.0 Å². The summed E-state index contributed by atoms with van der Waals surface area (Å²) in [6, 6.07) is 14.3. The highest BCUT2D eigenvalue weighted by Crippen LogP contribution is 2.26. The van der Waals surface area contributed by atoms with Crippen LogP contribution in [0, 0.1) is 0 Å². The van der Waals surface area contributed by atoms with E-state index in [0.717, 1.165) is 41.5 Å². The summed E-state index contributed by atoms with van der Waals surface area (Å²) in [7, 11) is -0.0960. The van der Waals surface area contributed by atoms with Crippen molar-refractivity contribution in [1.82, 2.24) is 14.2 Å². The second-order valence-electron chi connectivity index (χ2n) is 7.80. The number of hydrogen-bond acceptors (Lipinski definition) is 4. The molecule has 1 aliphatic heterocycles. The van der Waals surface area contributed by atoms with Crippen LogP contribution >= 0.6 is 0 Å². The first-order chi connectivity index (χ1) is 14.9. The minimum atomic E-state index is -3.52. The molecule has 1 amide bonds. The summed E-state index contributed by atoms with van der Waals surface area (Å²) in [6.45, 7) is 1.52. The molecule has 31 heavy (non-hydrogen) atoms. The molecular formula is C23H27N3O4S. The first-order valence-electron chi connectivity index (χ1n) is 10.4. The van der Waals surface area contributed by atoms with E-state index in [1.165, 1.54) is 0 Å². The number of methoxy groups -OCH3 is 1. The van der Waals surface area contributed by atoms with Crippen LogP contribution in [-0.2, 0) is 23.6 Å². The van der Waals surface area contributed by atoms with Crippen molar-refractivity contribution in [3.8, 4) is 5.75 Å². The number of hydrogen-bond donors (Lipinski definition) is 1. The maximum absolute atomic E-state index is 13.0. The van der Waals surface area contributed by atoms with Gasteiger partial charge in [0.1, 0.15) is 11.4 Å². The number of rotatable bonds is 6. The summed E-state index contributed by atoms with van der Waals surface area (Å²) in [5.41, 5.74) is 2.26. The molecule has 0 aliphatic carbocycles. The normalized spacial score (nSPS) is 15.2. The number of ether oxygens (including phenoxy) is 1. The lowest BCUT2D eigenvalue weighted by atomic mass is 10.2. The van der Waals surface area contributed by atoms with Gasteiger partial charge in [-0.1, -0.05) is 18.6 Å². The molecule has 1 fully saturated rings. The Morgan fingerprint density at radius 2 is 1.74 bits per heavy atom. The van der Waals surface area contributed by atoms with E-state index in [-0.39, 0.29) is 10.8 Å². The largest absolute Gasteiger partial charge is 0.497 e. The highest BCUT2D eigenvalue weighted by atomic mass is 32.2. The van der Waals surface area contributed by atoms with Crippen LogP contribution in [0.1, 0.15) is 35.3 Å². The smallest absolute Gasteiger partial charge is 0.268 e. The zero-order chi connectivity index (χ0) is 22.0. The number of aryl methyl sites for hydroxylation is 1. The van der Waals surface area contributed by atoms with E-state index in [1.807, 2.05) is 31.3 Å². The summed E-state index contributed by atoms with van der Waals surface area (Å²) in [5, 5.41) is 3.66. The van der Waals surface area contributed by atoms with Crippen molar-refractivity contribution in [2.75, 3.05) is 20.2 Å². The molecule has 4 rings (SSSR count). The third kappa shape index (κ3) is 4.31. The number of sulfonamides is 1. The van der Waals surface area contributed by atoms with Crippen LogP contribution < -0.4 is 10.1 Å². The van der Waals surface area contributed by atoms with Crippen molar-refractivity contribution in [3.63, 3.8) is 0 Å². The third-order valence-corrected chi connectivity index (χ3v) is 7.71. The molecule has 1 saturated heterocycles. The molecule has 1 aliphatic rings. The molecule has 8 heteroatoms. The first kappa shape index (κ1) is 21.4. The molecule has 0 saturated carbocycles. The number of aromatic nitrogens is 1. The maximum Gasteiger partial charge on any atom is 0.268 e. The Bertz CT molecular complexity index is 1190. The fraction of sp³-hybridized carbons (Fsp3) is 0.348. The van der Waals surface area contributed by atoms with Crippen LogP contribution in [0.3, 0.4) is 0 Å². The Kier molecular flexibility index (Phi) is 6.02. The van der Waals surface area contributed by atoms with E-state index in [0.29, 0.717) is 25.3 Å². The van der Waals surface area contributed by atoms with Crippen molar-refractivity contribution in [2.24, 2.45) is 7.05 Å². The molecule has 3 aromatic rings. The number of nitrogens with zero attached hydrogens (tertiary/aromatic N) is 2. The Hall–Kier alpha value is -2.84. The molecule has 2 aromatic carbocycles. The van der Waals surface area contributed by atoms with Crippen molar-refractivity contribution in [1.29, 1.82) is 0 Å². The van der Waals surface area contributed by atoms with Gasteiger partial charge in [0.25, 0.3) is 5.91 Å². The van der Waals surface area contributed by atoms with E-state index in [9.17, 15) is 13.2 Å². The zero-order valence-corrected chi connectivity index (χ0v) is 18.6. The van der Waals surface area contributed by atoms with E-state index in [2.05, 4.69) is 5.32 Å². The topological polar surface area (TPSA) is 80.6 Å². The third-order valence-electron chi connectivity index (χ3n) is 5.81. The van der Waals surface area contributed by atoms with Gasteiger partial charge < -0.3 is 14.6 Å². The molecule has 164 valence electrons. The molecule has 7 nitrogen and oxygen atoms in total. The molecule has 0 atom stereocenters. The van der Waals surface area contributed by atoms with Crippen molar-refractivity contribution in [3.05, 3.63) is 59.8 Å². The Morgan fingerprint density at radius 1 is 1.03 bits per heavy atom. The predicted octanol–water partition coefficient (Wildman–Crippen LogP) is 3.29. The Balaban J connectivity index is 1.54. The van der Waals surface area contributed by atoms with Gasteiger partial charge in [-0.2, -0.15) is 4.31 Å². The van der Waals surface area contributed by atoms with Crippen molar-refractivity contribution < 1.29 is 17.9 Å². The van der Waals surface area contributed by atoms with Crippen LogP contribution in [0.15, 0.2) is 53.4 Å². The van der Waals surface area contributed by atoms with Gasteiger partial charge in [0, 0.05) is 37.6 Å². The second-order valence-corrected chi connectivity index (χ2v) is 9.74. The van der Waals surface area contributed by atoms with Crippen LogP contribution in [0.25, 0.3) is 10.9 Å². The van der Waals surface area contributed by atoms with Crippen LogP contribution in [0.4, 0.5) is 0 Å². The fourth-order valence-corrected chi connectivity index (χ4v) is 5.53. The van der Waals surface area contributed by atoms with Gasteiger partial charge in [-0.25, -0.2) is 8.42 Å². The minimum absolute atomic E-state index is 0.213. The van der Waals surface area contributed by atoms with Gasteiger partial charge >= 0.3 is 0 Å². The van der Waals surface area contributed by atoms with E-state index < -0.39 is 10.0 Å². The summed E-state index contributed by atoms with van der Waals surface area (Å²) < 4.78 is 34.5. The lowest BCUT2D eigenvalue weighted by molar-refractivity contribution is 0.0943. The number of amides is 1. The molecule has 0 radical (unpaired) electrons. The van der Waals surface area contributed by atoms with Gasteiger partial charge in [0.15, 0.2) is 0 Å².